The molecule has 3 aromatic rings. The number of aromatic nitrogens is 2. The molecule has 0 bridgehead atoms. The van der Waals surface area contributed by atoms with Crippen LogP contribution in [-0.2, 0) is 25.9 Å². The quantitative estimate of drug-likeness (QED) is 0.661. The summed E-state index contributed by atoms with van der Waals surface area (Å²) in [4.78, 5) is 14.4. The molecule has 4 rings (SSSR count). The van der Waals surface area contributed by atoms with Gasteiger partial charge in [0.1, 0.15) is 5.82 Å². The molecule has 1 N–H and O–H groups in total. The van der Waals surface area contributed by atoms with Crippen molar-refractivity contribution in [2.75, 3.05) is 14.1 Å². The Labute approximate surface area is 182 Å². The summed E-state index contributed by atoms with van der Waals surface area (Å²) >= 11 is 0. The zero-order chi connectivity index (χ0) is 22.0. The summed E-state index contributed by atoms with van der Waals surface area (Å²) in [5, 5.41) is 8.31. The molecule has 2 aromatic carbocycles. The van der Waals surface area contributed by atoms with Gasteiger partial charge in [-0.3, -0.25) is 9.48 Å². The second-order valence-corrected chi connectivity index (χ2v) is 8.51. The Morgan fingerprint density at radius 2 is 2.00 bits per heavy atom. The highest BCUT2D eigenvalue weighted by molar-refractivity contribution is 5.93. The molecule has 31 heavy (non-hydrogen) atoms. The third kappa shape index (κ3) is 4.69. The second kappa shape index (κ2) is 9.02. The van der Waals surface area contributed by atoms with E-state index in [1.165, 1.54) is 11.6 Å². The van der Waals surface area contributed by atoms with Crippen LogP contribution in [-0.4, -0.2) is 40.7 Å². The highest BCUT2D eigenvalue weighted by Crippen LogP contribution is 2.27. The maximum Gasteiger partial charge on any atom is 0.274 e. The molecule has 1 unspecified atom stereocenters. The van der Waals surface area contributed by atoms with Gasteiger partial charge in [-0.05, 0) is 55.0 Å². The Hall–Kier alpha value is -2.99. The van der Waals surface area contributed by atoms with Gasteiger partial charge in [0.2, 0.25) is 0 Å². The minimum atomic E-state index is -0.214. The Balaban J connectivity index is 1.56. The van der Waals surface area contributed by atoms with E-state index in [2.05, 4.69) is 17.4 Å². The lowest BCUT2D eigenvalue weighted by molar-refractivity contribution is 0.0820. The number of halogens is 1. The van der Waals surface area contributed by atoms with Gasteiger partial charge in [0.15, 0.2) is 5.69 Å². The predicted molar refractivity (Wildman–Crippen MR) is 120 cm³/mol. The van der Waals surface area contributed by atoms with E-state index < -0.39 is 0 Å². The van der Waals surface area contributed by atoms with Crippen LogP contribution >= 0.6 is 0 Å². The monoisotopic (exact) mass is 420 g/mol. The number of amides is 1. The van der Waals surface area contributed by atoms with E-state index in [0.29, 0.717) is 18.8 Å². The topological polar surface area (TPSA) is 50.2 Å². The van der Waals surface area contributed by atoms with E-state index in [1.807, 2.05) is 35.9 Å². The molecule has 1 aromatic heterocycles. The SMILES string of the molecule is Cc1ccc(F)cc1CNC1CCc2c(c(C(=O)N(C)C)nn2Cc2ccccc2)C1. The molecule has 1 heterocycles. The number of hydrogen-bond acceptors (Lipinski definition) is 3. The van der Waals surface area contributed by atoms with Crippen molar-refractivity contribution >= 4 is 5.91 Å². The fourth-order valence-electron chi connectivity index (χ4n) is 4.22. The zero-order valence-corrected chi connectivity index (χ0v) is 18.4. The van der Waals surface area contributed by atoms with Crippen molar-refractivity contribution in [2.24, 2.45) is 0 Å². The normalized spacial score (nSPS) is 15.5. The molecule has 0 aliphatic heterocycles. The molecule has 0 radical (unpaired) electrons. The summed E-state index contributed by atoms with van der Waals surface area (Å²) in [6.07, 6.45) is 2.56. The van der Waals surface area contributed by atoms with E-state index in [1.54, 1.807) is 25.1 Å². The van der Waals surface area contributed by atoms with Crippen LogP contribution in [0.1, 0.15) is 44.9 Å². The Kier molecular flexibility index (Phi) is 6.18. The molecule has 0 saturated heterocycles. The van der Waals surface area contributed by atoms with Gasteiger partial charge in [-0.2, -0.15) is 5.10 Å². The molecule has 162 valence electrons. The number of nitrogens with zero attached hydrogens (tertiary/aromatic N) is 3. The van der Waals surface area contributed by atoms with Crippen molar-refractivity contribution < 1.29 is 9.18 Å². The van der Waals surface area contributed by atoms with E-state index >= 15 is 0 Å². The second-order valence-electron chi connectivity index (χ2n) is 8.51. The zero-order valence-electron chi connectivity index (χ0n) is 18.4. The number of nitrogens with one attached hydrogen (secondary N) is 1. The Morgan fingerprint density at radius 3 is 2.74 bits per heavy atom. The molecular formula is C25H29FN4O. The minimum Gasteiger partial charge on any atom is -0.343 e. The summed E-state index contributed by atoms with van der Waals surface area (Å²) in [7, 11) is 3.52. The molecule has 5 nitrogen and oxygen atoms in total. The van der Waals surface area contributed by atoms with Gasteiger partial charge >= 0.3 is 0 Å². The van der Waals surface area contributed by atoms with Gasteiger partial charge in [0, 0.05) is 37.9 Å². The van der Waals surface area contributed by atoms with Gasteiger partial charge < -0.3 is 10.2 Å². The van der Waals surface area contributed by atoms with Gasteiger partial charge in [-0.15, -0.1) is 0 Å². The van der Waals surface area contributed by atoms with Gasteiger partial charge in [-0.1, -0.05) is 36.4 Å². The van der Waals surface area contributed by atoms with Crippen LogP contribution in [0, 0.1) is 12.7 Å². The van der Waals surface area contributed by atoms with Crippen LogP contribution in [0.3, 0.4) is 0 Å². The molecule has 0 saturated carbocycles. The van der Waals surface area contributed by atoms with E-state index in [4.69, 9.17) is 5.10 Å². The van der Waals surface area contributed by atoms with Crippen LogP contribution in [0.4, 0.5) is 4.39 Å². The summed E-state index contributed by atoms with van der Waals surface area (Å²) in [5.74, 6) is -0.279. The van der Waals surface area contributed by atoms with Crippen molar-refractivity contribution in [3.63, 3.8) is 0 Å². The standard InChI is InChI=1S/C25H29FN4O/c1-17-9-10-20(26)13-19(17)15-27-21-11-12-23-22(14-21)24(25(31)29(2)3)28-30(23)16-18-7-5-4-6-8-18/h4-10,13,21,27H,11-12,14-16H2,1-3H3. The van der Waals surface area contributed by atoms with Crippen LogP contribution in [0.2, 0.25) is 0 Å². The van der Waals surface area contributed by atoms with E-state index in [-0.39, 0.29) is 17.8 Å². The molecule has 6 heteroatoms. The summed E-state index contributed by atoms with van der Waals surface area (Å²) in [6.45, 7) is 3.26. The third-order valence-electron chi connectivity index (χ3n) is 6.02. The van der Waals surface area contributed by atoms with Gasteiger partial charge in [0.25, 0.3) is 5.91 Å². The van der Waals surface area contributed by atoms with Crippen LogP contribution in [0.25, 0.3) is 0 Å². The van der Waals surface area contributed by atoms with Crippen molar-refractivity contribution in [3.05, 3.63) is 88.0 Å². The molecular weight excluding hydrogens is 391 g/mol. The number of aryl methyl sites for hydroxylation is 1. The predicted octanol–water partition coefficient (Wildman–Crippen LogP) is 3.73. The first-order valence-corrected chi connectivity index (χ1v) is 10.7. The molecule has 1 aliphatic carbocycles. The molecule has 1 aliphatic rings. The van der Waals surface area contributed by atoms with E-state index in [0.717, 1.165) is 41.6 Å². The van der Waals surface area contributed by atoms with Gasteiger partial charge in [-0.25, -0.2) is 4.39 Å². The molecule has 0 fully saturated rings. The largest absolute Gasteiger partial charge is 0.343 e. The lowest BCUT2D eigenvalue weighted by atomic mass is 9.90. The Bertz CT molecular complexity index is 1070. The van der Waals surface area contributed by atoms with Crippen molar-refractivity contribution in [1.82, 2.24) is 20.0 Å². The maximum atomic E-state index is 13.6. The van der Waals surface area contributed by atoms with E-state index in [9.17, 15) is 9.18 Å². The van der Waals surface area contributed by atoms with Gasteiger partial charge in [0.05, 0.1) is 6.54 Å². The summed E-state index contributed by atoms with van der Waals surface area (Å²) < 4.78 is 15.6. The van der Waals surface area contributed by atoms with Crippen LogP contribution in [0.15, 0.2) is 48.5 Å². The Morgan fingerprint density at radius 1 is 1.23 bits per heavy atom. The first-order valence-electron chi connectivity index (χ1n) is 10.7. The molecule has 1 amide bonds. The third-order valence-corrected chi connectivity index (χ3v) is 6.02. The smallest absolute Gasteiger partial charge is 0.274 e. The van der Waals surface area contributed by atoms with Crippen molar-refractivity contribution in [3.8, 4) is 0 Å². The molecule has 1 atom stereocenters. The maximum absolute atomic E-state index is 13.6. The fourth-order valence-corrected chi connectivity index (χ4v) is 4.22. The first-order chi connectivity index (χ1) is 14.9. The minimum absolute atomic E-state index is 0.0651. The van der Waals surface area contributed by atoms with Crippen molar-refractivity contribution in [1.29, 1.82) is 0 Å². The average Bonchev–Trinajstić information content (AvgIpc) is 3.12. The highest BCUT2D eigenvalue weighted by atomic mass is 19.1. The fraction of sp³-hybridized carbons (Fsp3) is 0.360. The first kappa shape index (κ1) is 21.2. The van der Waals surface area contributed by atoms with Crippen LogP contribution < -0.4 is 5.32 Å². The number of carbonyl (C=O) groups excluding carboxylic acids is 1. The average molecular weight is 421 g/mol. The van der Waals surface area contributed by atoms with Crippen LogP contribution in [0.5, 0.6) is 0 Å². The summed E-state index contributed by atoms with van der Waals surface area (Å²) in [6, 6.07) is 15.3. The number of carbonyl (C=O) groups is 1. The summed E-state index contributed by atoms with van der Waals surface area (Å²) in [5.41, 5.74) is 5.94. The van der Waals surface area contributed by atoms with Crippen molar-refractivity contribution in [2.45, 2.75) is 45.3 Å². The highest BCUT2D eigenvalue weighted by Gasteiger charge is 2.29. The number of rotatable bonds is 6. The number of benzene rings is 2. The molecule has 0 spiro atoms. The number of fused-ring (bicyclic) bond motifs is 1. The lowest BCUT2D eigenvalue weighted by Gasteiger charge is -2.25. The lowest BCUT2D eigenvalue weighted by Crippen LogP contribution is -2.35. The number of hydrogen-bond donors (Lipinski definition) is 1.